The number of oxazole rings is 1. The highest BCUT2D eigenvalue weighted by Crippen LogP contribution is 2.46. The Bertz CT molecular complexity index is 1220. The molecule has 0 aromatic carbocycles. The molecule has 12 heteroatoms. The van der Waals surface area contributed by atoms with E-state index in [2.05, 4.69) is 87.0 Å². The van der Waals surface area contributed by atoms with E-state index in [1.165, 1.54) is 5.57 Å². The lowest BCUT2D eigenvalue weighted by Gasteiger charge is -2.47. The average molecular weight is 702 g/mol. The molecule has 46 heavy (non-hydrogen) atoms. The van der Waals surface area contributed by atoms with Crippen molar-refractivity contribution < 1.29 is 35.3 Å². The van der Waals surface area contributed by atoms with Crippen molar-refractivity contribution in [2.24, 2.45) is 0 Å². The molecule has 1 aromatic rings. The zero-order valence-corrected chi connectivity index (χ0v) is 33.5. The van der Waals surface area contributed by atoms with E-state index < -0.39 is 26.8 Å². The molecule has 0 bridgehead atoms. The van der Waals surface area contributed by atoms with Gasteiger partial charge in [0.2, 0.25) is 14.2 Å². The van der Waals surface area contributed by atoms with Gasteiger partial charge in [-0.2, -0.15) is 8.42 Å². The Hall–Kier alpha value is -0.866. The molecular weight excluding hydrogens is 639 g/mol. The largest absolute Gasteiger partial charge is 0.446 e. The third kappa shape index (κ3) is 10.6. The highest BCUT2D eigenvalue weighted by molar-refractivity contribution is 7.85. The monoisotopic (exact) mass is 701 g/mol. The van der Waals surface area contributed by atoms with Crippen LogP contribution in [0, 0.1) is 0 Å². The number of hydrogen-bond acceptors (Lipinski definition) is 9. The van der Waals surface area contributed by atoms with Crippen LogP contribution >= 0.6 is 0 Å². The fourth-order valence-electron chi connectivity index (χ4n) is 7.16. The fourth-order valence-corrected chi connectivity index (χ4v) is 14.1. The van der Waals surface area contributed by atoms with Crippen LogP contribution in [0.15, 0.2) is 22.8 Å². The number of ether oxygens (including phenoxy) is 2. The summed E-state index contributed by atoms with van der Waals surface area (Å²) in [6.45, 7) is 30.0. The van der Waals surface area contributed by atoms with Crippen molar-refractivity contribution in [2.45, 2.75) is 173 Å². The minimum absolute atomic E-state index is 0.00171. The van der Waals surface area contributed by atoms with Crippen LogP contribution in [-0.4, -0.2) is 67.3 Å². The van der Waals surface area contributed by atoms with Gasteiger partial charge in [-0.25, -0.2) is 4.98 Å². The van der Waals surface area contributed by atoms with Crippen LogP contribution in [0.3, 0.4) is 0 Å². The second-order valence-corrected chi connectivity index (χ2v) is 27.9. The summed E-state index contributed by atoms with van der Waals surface area (Å²) in [5.41, 5.74) is 3.22. The van der Waals surface area contributed by atoms with Gasteiger partial charge in [-0.1, -0.05) is 74.5 Å². The quantitative estimate of drug-likeness (QED) is 0.101. The molecule has 0 N–H and O–H groups in total. The Kier molecular flexibility index (Phi) is 13.6. The molecule has 2 aliphatic rings. The van der Waals surface area contributed by atoms with E-state index in [0.29, 0.717) is 35.3 Å². The summed E-state index contributed by atoms with van der Waals surface area (Å²) < 4.78 is 60.7. The maximum atomic E-state index is 11.5. The number of rotatable bonds is 15. The van der Waals surface area contributed by atoms with Gasteiger partial charge in [-0.05, 0) is 60.4 Å². The van der Waals surface area contributed by atoms with Crippen molar-refractivity contribution in [3.8, 4) is 0 Å². The van der Waals surface area contributed by atoms with E-state index in [4.69, 9.17) is 26.9 Å². The van der Waals surface area contributed by atoms with E-state index in [9.17, 15) is 8.42 Å². The summed E-state index contributed by atoms with van der Waals surface area (Å²) in [6, 6.07) is 0. The highest BCUT2D eigenvalue weighted by atomic mass is 32.2. The normalized spacial score (nSPS) is 25.6. The summed E-state index contributed by atoms with van der Waals surface area (Å²) >= 11 is 0. The molecule has 9 nitrogen and oxygen atoms in total. The van der Waals surface area contributed by atoms with Crippen molar-refractivity contribution >= 4 is 26.8 Å². The first-order chi connectivity index (χ1) is 21.1. The summed E-state index contributed by atoms with van der Waals surface area (Å²) in [6.07, 6.45) is 6.89. The molecule has 2 fully saturated rings. The standard InChI is InChI=1S/C34H63NO8SSi2/c1-23(2)46(24(3)4,25(5)6)43-30-19-29(42-32(20-30)31-21-38-33(35-31)22-39-44(11,36)37)18-28-17-26(7)16-27(41-28)14-15-40-45(12,13)34(8,9)10/h21,23-25,27-30,32H,7,14-20,22H2,1-6,8-13H3/t27-,28+,29+,30+,32+/m0/s1. The van der Waals surface area contributed by atoms with Crippen LogP contribution in [0.2, 0.25) is 34.8 Å². The van der Waals surface area contributed by atoms with Crippen LogP contribution in [0.25, 0.3) is 0 Å². The van der Waals surface area contributed by atoms with E-state index in [1.54, 1.807) is 6.26 Å². The Morgan fingerprint density at radius 2 is 1.59 bits per heavy atom. The lowest BCUT2D eigenvalue weighted by molar-refractivity contribution is -0.126. The van der Waals surface area contributed by atoms with Gasteiger partial charge in [0.25, 0.3) is 10.1 Å². The van der Waals surface area contributed by atoms with Crippen molar-refractivity contribution in [2.75, 3.05) is 12.9 Å². The number of nitrogens with zero attached hydrogens (tertiary/aromatic N) is 1. The minimum atomic E-state index is -3.62. The molecule has 0 aliphatic carbocycles. The van der Waals surface area contributed by atoms with Gasteiger partial charge in [-0.15, -0.1) is 0 Å². The zero-order chi connectivity index (χ0) is 34.7. The zero-order valence-electron chi connectivity index (χ0n) is 30.7. The Morgan fingerprint density at radius 1 is 0.978 bits per heavy atom. The predicted molar refractivity (Wildman–Crippen MR) is 188 cm³/mol. The van der Waals surface area contributed by atoms with Crippen LogP contribution < -0.4 is 0 Å². The SMILES string of the molecule is C=C1C[C@H](C[C@@H]2C[C@@H](O[Si](C(C)C)(C(C)C)C(C)C)C[C@H](c3coc(COS(C)(=O)=O)n3)O2)O[C@@H](CCO[Si](C)(C)C(C)(C)C)C1. The number of aromatic nitrogens is 1. The van der Waals surface area contributed by atoms with Gasteiger partial charge in [0, 0.05) is 19.4 Å². The summed E-state index contributed by atoms with van der Waals surface area (Å²) in [4.78, 5) is 4.57. The molecule has 0 saturated carbocycles. The maximum absolute atomic E-state index is 11.5. The second kappa shape index (κ2) is 15.8. The summed E-state index contributed by atoms with van der Waals surface area (Å²) in [5, 5.41) is 0.173. The van der Waals surface area contributed by atoms with Gasteiger partial charge in [0.15, 0.2) is 8.32 Å². The minimum Gasteiger partial charge on any atom is -0.446 e. The van der Waals surface area contributed by atoms with E-state index >= 15 is 0 Å². The smallest absolute Gasteiger partial charge is 0.264 e. The lowest BCUT2D eigenvalue weighted by atomic mass is 9.91. The fraction of sp³-hybridized carbons (Fsp3) is 0.853. The Labute approximate surface area is 281 Å². The van der Waals surface area contributed by atoms with Crippen molar-refractivity contribution in [3.63, 3.8) is 0 Å². The highest BCUT2D eigenvalue weighted by Gasteiger charge is 2.48. The van der Waals surface area contributed by atoms with Gasteiger partial charge >= 0.3 is 0 Å². The third-order valence-electron chi connectivity index (χ3n) is 10.4. The van der Waals surface area contributed by atoms with Crippen LogP contribution in [0.1, 0.15) is 119 Å². The summed E-state index contributed by atoms with van der Waals surface area (Å²) in [7, 11) is -7.61. The van der Waals surface area contributed by atoms with Crippen LogP contribution in [0.5, 0.6) is 0 Å². The molecule has 3 heterocycles. The van der Waals surface area contributed by atoms with E-state index in [1.807, 2.05) is 0 Å². The van der Waals surface area contributed by atoms with Crippen molar-refractivity contribution in [3.05, 3.63) is 30.0 Å². The van der Waals surface area contributed by atoms with Crippen molar-refractivity contribution in [1.29, 1.82) is 0 Å². The first-order valence-electron chi connectivity index (χ1n) is 17.2. The van der Waals surface area contributed by atoms with Crippen molar-refractivity contribution in [1.82, 2.24) is 4.98 Å². The van der Waals surface area contributed by atoms with Gasteiger partial charge in [0.05, 0.1) is 30.7 Å². The molecule has 0 unspecified atom stereocenters. The van der Waals surface area contributed by atoms with E-state index in [-0.39, 0.29) is 48.1 Å². The van der Waals surface area contributed by atoms with Crippen LogP contribution in [0.4, 0.5) is 0 Å². The molecule has 266 valence electrons. The summed E-state index contributed by atoms with van der Waals surface area (Å²) in [5.74, 6) is 0.202. The molecule has 0 spiro atoms. The Balaban J connectivity index is 1.78. The molecule has 3 rings (SSSR count). The molecular formula is C34H63NO8SSi2. The van der Waals surface area contributed by atoms with Gasteiger partial charge in [-0.3, -0.25) is 4.18 Å². The van der Waals surface area contributed by atoms with Crippen LogP contribution in [-0.2, 0) is 39.2 Å². The van der Waals surface area contributed by atoms with Gasteiger partial charge in [0.1, 0.15) is 24.7 Å². The maximum Gasteiger partial charge on any atom is 0.264 e. The molecule has 1 aromatic heterocycles. The molecule has 0 amide bonds. The average Bonchev–Trinajstić information content (AvgIpc) is 3.38. The first kappa shape index (κ1) is 39.6. The molecule has 2 aliphatic heterocycles. The van der Waals surface area contributed by atoms with Gasteiger partial charge < -0.3 is 22.7 Å². The molecule has 0 radical (unpaired) electrons. The Morgan fingerprint density at radius 3 is 2.15 bits per heavy atom. The third-order valence-corrected chi connectivity index (χ3v) is 21.6. The lowest BCUT2D eigenvalue weighted by Crippen LogP contribution is -2.52. The first-order valence-corrected chi connectivity index (χ1v) is 24.1. The molecule has 5 atom stereocenters. The topological polar surface area (TPSA) is 106 Å². The van der Waals surface area contributed by atoms with E-state index in [0.717, 1.165) is 38.4 Å². The number of hydrogen-bond donors (Lipinski definition) is 0. The molecule has 2 saturated heterocycles. The second-order valence-electron chi connectivity index (χ2n) is 16.1. The predicted octanol–water partition coefficient (Wildman–Crippen LogP) is 8.84.